The van der Waals surface area contributed by atoms with Gasteiger partial charge in [0.2, 0.25) is 5.91 Å². The third-order valence-electron chi connectivity index (χ3n) is 5.42. The minimum atomic E-state index is 0.181. The van der Waals surface area contributed by atoms with Crippen molar-refractivity contribution >= 4 is 11.9 Å². The summed E-state index contributed by atoms with van der Waals surface area (Å²) in [6.07, 6.45) is 5.23. The van der Waals surface area contributed by atoms with Gasteiger partial charge >= 0.3 is 0 Å². The Labute approximate surface area is 155 Å². The molecule has 1 atom stereocenters. The highest BCUT2D eigenvalue weighted by Crippen LogP contribution is 2.26. The maximum atomic E-state index is 11.4. The maximum Gasteiger partial charge on any atom is 0.219 e. The molecule has 0 bridgehead atoms. The van der Waals surface area contributed by atoms with E-state index in [4.69, 9.17) is 0 Å². The van der Waals surface area contributed by atoms with Crippen LogP contribution in [0.25, 0.3) is 0 Å². The van der Waals surface area contributed by atoms with E-state index in [1.807, 2.05) is 29.9 Å². The summed E-state index contributed by atoms with van der Waals surface area (Å²) in [5, 5.41) is 7.79. The van der Waals surface area contributed by atoms with Crippen LogP contribution in [0.4, 0.5) is 0 Å². The number of piperazine rings is 1. The molecule has 1 unspecified atom stereocenters. The number of hydrogen-bond donors (Lipinski definition) is 1. The Hall–Kier alpha value is -2.09. The van der Waals surface area contributed by atoms with Crippen LogP contribution in [0.1, 0.15) is 24.8 Å². The number of amides is 1. The minimum Gasteiger partial charge on any atom is -0.355 e. The van der Waals surface area contributed by atoms with Gasteiger partial charge < -0.3 is 15.1 Å². The predicted molar refractivity (Wildman–Crippen MR) is 102 cm³/mol. The summed E-state index contributed by atoms with van der Waals surface area (Å²) < 4.78 is 1.87. The second-order valence-corrected chi connectivity index (χ2v) is 7.20. The van der Waals surface area contributed by atoms with Crippen molar-refractivity contribution in [2.45, 2.75) is 19.3 Å². The first kappa shape index (κ1) is 18.7. The van der Waals surface area contributed by atoms with E-state index in [1.165, 1.54) is 5.56 Å². The van der Waals surface area contributed by atoms with Crippen LogP contribution >= 0.6 is 0 Å². The number of aliphatic imine (C=N–C) groups is 1. The molecule has 1 N–H and O–H groups in total. The van der Waals surface area contributed by atoms with Gasteiger partial charge in [-0.2, -0.15) is 5.10 Å². The molecule has 2 aliphatic heterocycles. The van der Waals surface area contributed by atoms with Crippen molar-refractivity contribution in [3.63, 3.8) is 0 Å². The lowest BCUT2D eigenvalue weighted by Crippen LogP contribution is -2.50. The average Bonchev–Trinajstić information content (AvgIpc) is 3.28. The summed E-state index contributed by atoms with van der Waals surface area (Å²) in [6, 6.07) is 0. The predicted octanol–water partition coefficient (Wildman–Crippen LogP) is -0.0511. The smallest absolute Gasteiger partial charge is 0.219 e. The number of rotatable bonds is 4. The third-order valence-corrected chi connectivity index (χ3v) is 5.42. The molecule has 2 fully saturated rings. The summed E-state index contributed by atoms with van der Waals surface area (Å²) in [4.78, 5) is 22.5. The van der Waals surface area contributed by atoms with E-state index >= 15 is 0 Å². The number of nitrogens with zero attached hydrogens (tertiary/aromatic N) is 6. The second-order valence-electron chi connectivity index (χ2n) is 7.20. The van der Waals surface area contributed by atoms with Gasteiger partial charge in [-0.15, -0.1) is 0 Å². The van der Waals surface area contributed by atoms with E-state index in [2.05, 4.69) is 31.4 Å². The van der Waals surface area contributed by atoms with Gasteiger partial charge in [-0.1, -0.05) is 0 Å². The Kier molecular flexibility index (Phi) is 6.13. The molecule has 0 radical (unpaired) electrons. The fourth-order valence-electron chi connectivity index (χ4n) is 3.82. The van der Waals surface area contributed by atoms with Gasteiger partial charge in [0.1, 0.15) is 0 Å². The van der Waals surface area contributed by atoms with Gasteiger partial charge in [0.15, 0.2) is 5.96 Å². The zero-order chi connectivity index (χ0) is 18.5. The Balaban J connectivity index is 1.41. The fraction of sp³-hybridized carbons (Fsp3) is 0.722. The van der Waals surface area contributed by atoms with Crippen LogP contribution in [-0.2, 0) is 11.8 Å². The van der Waals surface area contributed by atoms with Crippen molar-refractivity contribution < 1.29 is 4.79 Å². The van der Waals surface area contributed by atoms with Crippen molar-refractivity contribution in [1.29, 1.82) is 0 Å². The quantitative estimate of drug-likeness (QED) is 0.602. The molecule has 2 aliphatic rings. The molecule has 0 saturated carbocycles. The number of guanidine groups is 1. The van der Waals surface area contributed by atoms with Crippen molar-refractivity contribution in [3.8, 4) is 0 Å². The molecular weight excluding hydrogens is 330 g/mol. The van der Waals surface area contributed by atoms with E-state index in [9.17, 15) is 4.79 Å². The summed E-state index contributed by atoms with van der Waals surface area (Å²) in [5.41, 5.74) is 1.31. The number of likely N-dealkylation sites (tertiary alicyclic amines) is 1. The van der Waals surface area contributed by atoms with Crippen LogP contribution in [0.3, 0.4) is 0 Å². The highest BCUT2D eigenvalue weighted by molar-refractivity contribution is 5.80. The van der Waals surface area contributed by atoms with E-state index in [0.717, 1.165) is 64.7 Å². The zero-order valence-electron chi connectivity index (χ0n) is 16.2. The number of aromatic nitrogens is 2. The van der Waals surface area contributed by atoms with Gasteiger partial charge in [-0.3, -0.25) is 19.4 Å². The molecule has 1 aromatic rings. The molecule has 3 heterocycles. The molecule has 8 heteroatoms. The molecule has 26 heavy (non-hydrogen) atoms. The van der Waals surface area contributed by atoms with Gasteiger partial charge in [0.25, 0.3) is 0 Å². The van der Waals surface area contributed by atoms with Crippen molar-refractivity contribution in [1.82, 2.24) is 29.8 Å². The van der Waals surface area contributed by atoms with Gasteiger partial charge in [0.05, 0.1) is 6.20 Å². The Morgan fingerprint density at radius 1 is 1.27 bits per heavy atom. The lowest BCUT2D eigenvalue weighted by Gasteiger charge is -2.34. The Morgan fingerprint density at radius 2 is 2.04 bits per heavy atom. The van der Waals surface area contributed by atoms with Crippen LogP contribution in [0.2, 0.25) is 0 Å². The van der Waals surface area contributed by atoms with Crippen LogP contribution in [0, 0.1) is 0 Å². The lowest BCUT2D eigenvalue weighted by molar-refractivity contribution is -0.130. The lowest BCUT2D eigenvalue weighted by atomic mass is 10.0. The molecule has 2 saturated heterocycles. The van der Waals surface area contributed by atoms with Gasteiger partial charge in [-0.05, 0) is 12.0 Å². The van der Waals surface area contributed by atoms with Crippen LogP contribution in [-0.4, -0.2) is 95.8 Å². The first-order valence-electron chi connectivity index (χ1n) is 9.49. The average molecular weight is 361 g/mol. The van der Waals surface area contributed by atoms with Crippen LogP contribution in [0.5, 0.6) is 0 Å². The SMILES string of the molecule is CN=C(NCCN1CCN(C(C)=O)CC1)N1CCC(c2cnn(C)c2)C1. The van der Waals surface area contributed by atoms with E-state index in [0.29, 0.717) is 5.92 Å². The largest absolute Gasteiger partial charge is 0.355 e. The zero-order valence-corrected chi connectivity index (χ0v) is 16.2. The molecular formula is C18H31N7O. The van der Waals surface area contributed by atoms with E-state index in [-0.39, 0.29) is 5.91 Å². The summed E-state index contributed by atoms with van der Waals surface area (Å²) in [5.74, 6) is 1.70. The van der Waals surface area contributed by atoms with E-state index < -0.39 is 0 Å². The molecule has 1 amide bonds. The Bertz CT molecular complexity index is 633. The molecule has 0 aromatic carbocycles. The molecule has 3 rings (SSSR count). The first-order valence-corrected chi connectivity index (χ1v) is 9.49. The summed E-state index contributed by atoms with van der Waals surface area (Å²) in [6.45, 7) is 9.09. The van der Waals surface area contributed by atoms with Crippen LogP contribution < -0.4 is 5.32 Å². The topological polar surface area (TPSA) is 69.0 Å². The molecule has 0 spiro atoms. The van der Waals surface area contributed by atoms with Crippen LogP contribution in [0.15, 0.2) is 17.4 Å². The molecule has 0 aliphatic carbocycles. The number of carbonyl (C=O) groups excluding carboxylic acids is 1. The number of carbonyl (C=O) groups is 1. The monoisotopic (exact) mass is 361 g/mol. The number of aryl methyl sites for hydroxylation is 1. The third kappa shape index (κ3) is 4.55. The summed E-state index contributed by atoms with van der Waals surface area (Å²) >= 11 is 0. The van der Waals surface area contributed by atoms with Crippen molar-refractivity contribution in [2.24, 2.45) is 12.0 Å². The number of hydrogen-bond acceptors (Lipinski definition) is 4. The Morgan fingerprint density at radius 3 is 2.65 bits per heavy atom. The van der Waals surface area contributed by atoms with E-state index in [1.54, 1.807) is 6.92 Å². The van der Waals surface area contributed by atoms with Crippen molar-refractivity contribution in [3.05, 3.63) is 18.0 Å². The molecule has 1 aromatic heterocycles. The molecule has 144 valence electrons. The minimum absolute atomic E-state index is 0.181. The fourth-order valence-corrected chi connectivity index (χ4v) is 3.82. The second kappa shape index (κ2) is 8.53. The maximum absolute atomic E-state index is 11.4. The highest BCUT2D eigenvalue weighted by Gasteiger charge is 2.27. The molecule has 8 nitrogen and oxygen atoms in total. The van der Waals surface area contributed by atoms with Crippen molar-refractivity contribution in [2.75, 3.05) is 59.4 Å². The summed E-state index contributed by atoms with van der Waals surface area (Å²) in [7, 11) is 3.82. The van der Waals surface area contributed by atoms with Gasteiger partial charge in [-0.25, -0.2) is 0 Å². The normalized spacial score (nSPS) is 22.1. The first-order chi connectivity index (χ1) is 12.6. The highest BCUT2D eigenvalue weighted by atomic mass is 16.2. The standard InChI is InChI=1S/C18H31N7O/c1-15(26)24-10-8-23(9-11-24)7-5-20-18(19-2)25-6-4-16(14-25)17-12-21-22(3)13-17/h12-13,16H,4-11,14H2,1-3H3,(H,19,20). The number of nitrogens with one attached hydrogen (secondary N) is 1. The van der Waals surface area contributed by atoms with Gasteiger partial charge in [0, 0.05) is 85.5 Å².